The van der Waals surface area contributed by atoms with Gasteiger partial charge in [-0.15, -0.1) is 0 Å². The fourth-order valence-corrected chi connectivity index (χ4v) is 2.40. The summed E-state index contributed by atoms with van der Waals surface area (Å²) in [5, 5.41) is 17.6. The highest BCUT2D eigenvalue weighted by molar-refractivity contribution is 5.01. The number of nitrogens with one attached hydrogen (secondary N) is 1. The number of aromatic nitrogens is 2. The van der Waals surface area contributed by atoms with Gasteiger partial charge in [-0.25, -0.2) is 0 Å². The number of rotatable bonds is 9. The van der Waals surface area contributed by atoms with E-state index in [2.05, 4.69) is 55.1 Å². The number of hydrogen-bond donors (Lipinski definition) is 2. The van der Waals surface area contributed by atoms with Crippen molar-refractivity contribution < 1.29 is 5.11 Å². The molecule has 0 radical (unpaired) electrons. The van der Waals surface area contributed by atoms with E-state index in [1.165, 1.54) is 0 Å². The molecule has 0 spiro atoms. The van der Waals surface area contributed by atoms with Gasteiger partial charge in [0.05, 0.1) is 18.3 Å². The first-order chi connectivity index (χ1) is 9.14. The SMILES string of the molecule is CCC(CC)n1ccc(CNC(CC)(CC)CO)n1. The highest BCUT2D eigenvalue weighted by atomic mass is 16.3. The van der Waals surface area contributed by atoms with E-state index in [4.69, 9.17) is 0 Å². The Morgan fingerprint density at radius 3 is 2.37 bits per heavy atom. The van der Waals surface area contributed by atoms with E-state index in [1.807, 2.05) is 0 Å². The summed E-state index contributed by atoms with van der Waals surface area (Å²) < 4.78 is 2.07. The molecule has 110 valence electrons. The van der Waals surface area contributed by atoms with E-state index in [1.54, 1.807) is 0 Å². The standard InChI is InChI=1S/C15H29N3O/c1-5-14(6-2)18-10-9-13(17-18)11-16-15(7-3,8-4)12-19/h9-10,14,16,19H,5-8,11-12H2,1-4H3. The monoisotopic (exact) mass is 267 g/mol. The first-order valence-electron chi connectivity index (χ1n) is 7.54. The van der Waals surface area contributed by atoms with Gasteiger partial charge < -0.3 is 10.4 Å². The van der Waals surface area contributed by atoms with Gasteiger partial charge in [-0.1, -0.05) is 27.7 Å². The molecule has 0 aliphatic heterocycles. The van der Waals surface area contributed by atoms with Crippen LogP contribution in [0.15, 0.2) is 12.3 Å². The molecule has 1 aromatic heterocycles. The third kappa shape index (κ3) is 4.05. The molecule has 0 fully saturated rings. The van der Waals surface area contributed by atoms with E-state index >= 15 is 0 Å². The van der Waals surface area contributed by atoms with Crippen molar-refractivity contribution in [3.63, 3.8) is 0 Å². The molecule has 1 rings (SSSR count). The van der Waals surface area contributed by atoms with Gasteiger partial charge in [0, 0.05) is 18.3 Å². The number of aliphatic hydroxyl groups is 1. The molecule has 0 amide bonds. The van der Waals surface area contributed by atoms with Crippen LogP contribution >= 0.6 is 0 Å². The van der Waals surface area contributed by atoms with E-state index in [0.29, 0.717) is 6.04 Å². The van der Waals surface area contributed by atoms with Crippen LogP contribution in [0.1, 0.15) is 65.1 Å². The van der Waals surface area contributed by atoms with E-state index in [-0.39, 0.29) is 12.1 Å². The molecule has 0 atom stereocenters. The molecular formula is C15H29N3O. The smallest absolute Gasteiger partial charge is 0.0762 e. The van der Waals surface area contributed by atoms with Crippen LogP contribution in [0.2, 0.25) is 0 Å². The molecule has 0 unspecified atom stereocenters. The van der Waals surface area contributed by atoms with Crippen molar-refractivity contribution in [1.82, 2.24) is 15.1 Å². The molecule has 1 heterocycles. The quantitative estimate of drug-likeness (QED) is 0.723. The van der Waals surface area contributed by atoms with Gasteiger partial charge in [0.15, 0.2) is 0 Å². The minimum atomic E-state index is -0.168. The Balaban J connectivity index is 2.63. The molecule has 0 aliphatic carbocycles. The second kappa shape index (κ2) is 7.65. The van der Waals surface area contributed by atoms with Crippen LogP contribution in [-0.4, -0.2) is 27.0 Å². The molecule has 0 bridgehead atoms. The summed E-state index contributed by atoms with van der Waals surface area (Å²) in [4.78, 5) is 0. The average Bonchev–Trinajstić information content (AvgIpc) is 2.91. The van der Waals surface area contributed by atoms with Gasteiger partial charge in [0.25, 0.3) is 0 Å². The lowest BCUT2D eigenvalue weighted by Gasteiger charge is -2.30. The fraction of sp³-hybridized carbons (Fsp3) is 0.800. The van der Waals surface area contributed by atoms with E-state index in [0.717, 1.165) is 37.9 Å². The summed E-state index contributed by atoms with van der Waals surface area (Å²) >= 11 is 0. The maximum atomic E-state index is 9.54. The Kier molecular flexibility index (Phi) is 6.52. The normalized spacial score (nSPS) is 12.3. The predicted octanol–water partition coefficient (Wildman–Crippen LogP) is 2.88. The molecule has 0 aliphatic rings. The molecule has 0 saturated carbocycles. The van der Waals surface area contributed by atoms with Crippen molar-refractivity contribution >= 4 is 0 Å². The third-order valence-corrected chi connectivity index (χ3v) is 4.28. The van der Waals surface area contributed by atoms with E-state index < -0.39 is 0 Å². The summed E-state index contributed by atoms with van der Waals surface area (Å²) in [5.41, 5.74) is 0.880. The second-order valence-electron chi connectivity index (χ2n) is 5.26. The van der Waals surface area contributed by atoms with Gasteiger partial charge in [0.1, 0.15) is 0 Å². The minimum absolute atomic E-state index is 0.168. The lowest BCUT2D eigenvalue weighted by molar-refractivity contribution is 0.149. The molecule has 1 aromatic rings. The first kappa shape index (κ1) is 16.2. The Hall–Kier alpha value is -0.870. The topological polar surface area (TPSA) is 50.1 Å². The van der Waals surface area contributed by atoms with Crippen molar-refractivity contribution in [3.8, 4) is 0 Å². The lowest BCUT2D eigenvalue weighted by atomic mass is 9.94. The zero-order valence-corrected chi connectivity index (χ0v) is 12.8. The van der Waals surface area contributed by atoms with Crippen LogP contribution in [0.3, 0.4) is 0 Å². The van der Waals surface area contributed by atoms with Crippen LogP contribution in [-0.2, 0) is 6.54 Å². The molecule has 19 heavy (non-hydrogen) atoms. The minimum Gasteiger partial charge on any atom is -0.394 e. The van der Waals surface area contributed by atoms with Crippen molar-refractivity contribution in [1.29, 1.82) is 0 Å². The highest BCUT2D eigenvalue weighted by Crippen LogP contribution is 2.17. The molecule has 4 nitrogen and oxygen atoms in total. The molecular weight excluding hydrogens is 238 g/mol. The maximum absolute atomic E-state index is 9.54. The largest absolute Gasteiger partial charge is 0.394 e. The van der Waals surface area contributed by atoms with E-state index in [9.17, 15) is 5.11 Å². The predicted molar refractivity (Wildman–Crippen MR) is 79.1 cm³/mol. The third-order valence-electron chi connectivity index (χ3n) is 4.28. The van der Waals surface area contributed by atoms with Gasteiger partial charge in [0.2, 0.25) is 0 Å². The van der Waals surface area contributed by atoms with Crippen LogP contribution in [0, 0.1) is 0 Å². The van der Waals surface area contributed by atoms with Crippen LogP contribution in [0.25, 0.3) is 0 Å². The zero-order chi connectivity index (χ0) is 14.3. The van der Waals surface area contributed by atoms with Crippen molar-refractivity contribution in [3.05, 3.63) is 18.0 Å². The second-order valence-corrected chi connectivity index (χ2v) is 5.26. The van der Waals surface area contributed by atoms with Crippen molar-refractivity contribution in [2.45, 2.75) is 71.5 Å². The molecule has 0 saturated heterocycles. The van der Waals surface area contributed by atoms with Crippen LogP contribution in [0.5, 0.6) is 0 Å². The van der Waals surface area contributed by atoms with Crippen molar-refractivity contribution in [2.24, 2.45) is 0 Å². The first-order valence-corrected chi connectivity index (χ1v) is 7.54. The summed E-state index contributed by atoms with van der Waals surface area (Å²) in [6.07, 6.45) is 6.12. The molecule has 4 heteroatoms. The highest BCUT2D eigenvalue weighted by Gasteiger charge is 2.24. The average molecular weight is 267 g/mol. The van der Waals surface area contributed by atoms with Gasteiger partial charge >= 0.3 is 0 Å². The Morgan fingerprint density at radius 2 is 1.89 bits per heavy atom. The Bertz CT molecular complexity index is 346. The van der Waals surface area contributed by atoms with Crippen molar-refractivity contribution in [2.75, 3.05) is 6.61 Å². The Morgan fingerprint density at radius 1 is 1.26 bits per heavy atom. The lowest BCUT2D eigenvalue weighted by Crippen LogP contribution is -2.47. The van der Waals surface area contributed by atoms with Gasteiger partial charge in [-0.3, -0.25) is 4.68 Å². The maximum Gasteiger partial charge on any atom is 0.0762 e. The Labute approximate surface area is 117 Å². The van der Waals surface area contributed by atoms with Gasteiger partial charge in [-0.2, -0.15) is 5.10 Å². The zero-order valence-electron chi connectivity index (χ0n) is 12.8. The van der Waals surface area contributed by atoms with Crippen LogP contribution < -0.4 is 5.32 Å². The summed E-state index contributed by atoms with van der Waals surface area (Å²) in [5.74, 6) is 0. The summed E-state index contributed by atoms with van der Waals surface area (Å²) in [6, 6.07) is 2.56. The number of hydrogen-bond acceptors (Lipinski definition) is 3. The fourth-order valence-electron chi connectivity index (χ4n) is 2.40. The number of nitrogens with zero attached hydrogens (tertiary/aromatic N) is 2. The number of aliphatic hydroxyl groups excluding tert-OH is 1. The summed E-state index contributed by atoms with van der Waals surface area (Å²) in [6.45, 7) is 9.49. The molecule has 2 N–H and O–H groups in total. The van der Waals surface area contributed by atoms with Crippen LogP contribution in [0.4, 0.5) is 0 Å². The molecule has 0 aromatic carbocycles. The summed E-state index contributed by atoms with van der Waals surface area (Å²) in [7, 11) is 0. The van der Waals surface area contributed by atoms with Gasteiger partial charge in [-0.05, 0) is 31.7 Å².